The number of aryl methyl sites for hydroxylation is 1. The van der Waals surface area contributed by atoms with Gasteiger partial charge in [-0.1, -0.05) is 11.6 Å². The fourth-order valence-corrected chi connectivity index (χ4v) is 1.63. The van der Waals surface area contributed by atoms with E-state index in [9.17, 15) is 4.79 Å². The molecule has 0 radical (unpaired) electrons. The normalized spacial score (nSPS) is 10.4. The molecule has 0 amide bonds. The summed E-state index contributed by atoms with van der Waals surface area (Å²) in [4.78, 5) is 15.8. The van der Waals surface area contributed by atoms with E-state index >= 15 is 0 Å². The summed E-state index contributed by atoms with van der Waals surface area (Å²) in [5.41, 5.74) is 0.711. The van der Waals surface area contributed by atoms with Crippen molar-refractivity contribution in [1.29, 1.82) is 0 Å². The summed E-state index contributed by atoms with van der Waals surface area (Å²) in [5.74, 6) is 0.178. The van der Waals surface area contributed by atoms with Crippen molar-refractivity contribution in [3.63, 3.8) is 0 Å². The zero-order chi connectivity index (χ0) is 13.1. The molecule has 2 rings (SSSR count). The van der Waals surface area contributed by atoms with Crippen LogP contribution >= 0.6 is 11.6 Å². The van der Waals surface area contributed by atoms with Crippen molar-refractivity contribution in [2.75, 3.05) is 6.61 Å². The number of nitrogens with zero attached hydrogens (tertiary/aromatic N) is 3. The van der Waals surface area contributed by atoms with Gasteiger partial charge in [-0.25, -0.2) is 14.5 Å². The molecule has 1 aromatic heterocycles. The second-order valence-electron chi connectivity index (χ2n) is 3.59. The van der Waals surface area contributed by atoms with Gasteiger partial charge in [-0.15, -0.1) is 0 Å². The molecule has 0 bridgehead atoms. The first-order chi connectivity index (χ1) is 8.61. The number of rotatable bonds is 3. The molecule has 0 spiro atoms. The van der Waals surface area contributed by atoms with Crippen molar-refractivity contribution in [1.82, 2.24) is 14.8 Å². The summed E-state index contributed by atoms with van der Waals surface area (Å²) in [6, 6.07) is 6.98. The minimum Gasteiger partial charge on any atom is -0.460 e. The molecule has 0 aliphatic rings. The largest absolute Gasteiger partial charge is 0.460 e. The Morgan fingerprint density at radius 1 is 1.39 bits per heavy atom. The van der Waals surface area contributed by atoms with E-state index in [1.165, 1.54) is 4.68 Å². The Bertz CT molecular complexity index is 563. The van der Waals surface area contributed by atoms with Crippen molar-refractivity contribution < 1.29 is 9.53 Å². The van der Waals surface area contributed by atoms with Crippen molar-refractivity contribution in [2.45, 2.75) is 13.8 Å². The predicted octanol–water partition coefficient (Wildman–Crippen LogP) is 2.41. The highest BCUT2D eigenvalue weighted by molar-refractivity contribution is 6.30. The van der Waals surface area contributed by atoms with Crippen LogP contribution < -0.4 is 0 Å². The van der Waals surface area contributed by atoms with Gasteiger partial charge in [-0.3, -0.25) is 0 Å². The van der Waals surface area contributed by atoms with Gasteiger partial charge in [0, 0.05) is 5.02 Å². The van der Waals surface area contributed by atoms with Crippen LogP contribution in [0.15, 0.2) is 24.3 Å². The van der Waals surface area contributed by atoms with Gasteiger partial charge in [0.15, 0.2) is 0 Å². The van der Waals surface area contributed by atoms with Crippen LogP contribution in [0.4, 0.5) is 0 Å². The molecule has 0 aliphatic heterocycles. The smallest absolute Gasteiger partial charge is 0.376 e. The number of carbonyl (C=O) groups excluding carboxylic acids is 1. The van der Waals surface area contributed by atoms with Gasteiger partial charge in [0.25, 0.3) is 0 Å². The molecule has 5 nitrogen and oxygen atoms in total. The Labute approximate surface area is 109 Å². The summed E-state index contributed by atoms with van der Waals surface area (Å²) >= 11 is 5.82. The van der Waals surface area contributed by atoms with Crippen LogP contribution in [0.3, 0.4) is 0 Å². The second-order valence-corrected chi connectivity index (χ2v) is 4.03. The Kier molecular flexibility index (Phi) is 3.62. The lowest BCUT2D eigenvalue weighted by Crippen LogP contribution is -2.13. The van der Waals surface area contributed by atoms with Gasteiger partial charge in [0.1, 0.15) is 5.82 Å². The molecule has 1 aromatic carbocycles. The van der Waals surface area contributed by atoms with Crippen LogP contribution in [-0.4, -0.2) is 27.3 Å². The van der Waals surface area contributed by atoms with Gasteiger partial charge in [0.05, 0.1) is 12.3 Å². The third-order valence-corrected chi connectivity index (χ3v) is 2.49. The Balaban J connectivity index is 2.44. The van der Waals surface area contributed by atoms with Crippen LogP contribution in [0.2, 0.25) is 5.02 Å². The number of hydrogen-bond donors (Lipinski definition) is 0. The van der Waals surface area contributed by atoms with Crippen molar-refractivity contribution in [3.05, 3.63) is 40.9 Å². The molecule has 1 heterocycles. The number of benzene rings is 1. The minimum absolute atomic E-state index is 0.164. The number of carbonyl (C=O) groups is 1. The average molecular weight is 266 g/mol. The van der Waals surface area contributed by atoms with E-state index in [2.05, 4.69) is 10.1 Å². The van der Waals surface area contributed by atoms with Crippen LogP contribution in [0.25, 0.3) is 5.69 Å². The molecule has 0 fully saturated rings. The molecule has 0 unspecified atom stereocenters. The molecule has 18 heavy (non-hydrogen) atoms. The second kappa shape index (κ2) is 5.18. The van der Waals surface area contributed by atoms with Crippen molar-refractivity contribution in [2.24, 2.45) is 0 Å². The van der Waals surface area contributed by atoms with Crippen molar-refractivity contribution in [3.8, 4) is 5.69 Å². The summed E-state index contributed by atoms with van der Waals surface area (Å²) in [5, 5.41) is 4.79. The first kappa shape index (κ1) is 12.6. The average Bonchev–Trinajstić information content (AvgIpc) is 2.73. The van der Waals surface area contributed by atoms with E-state index in [0.29, 0.717) is 23.1 Å². The fraction of sp³-hybridized carbons (Fsp3) is 0.250. The molecule has 0 N–H and O–H groups in total. The molecule has 0 saturated carbocycles. The van der Waals surface area contributed by atoms with Gasteiger partial charge >= 0.3 is 5.97 Å². The summed E-state index contributed by atoms with van der Waals surface area (Å²) < 4.78 is 6.39. The lowest BCUT2D eigenvalue weighted by atomic mass is 10.3. The summed E-state index contributed by atoms with van der Waals surface area (Å²) in [7, 11) is 0. The highest BCUT2D eigenvalue weighted by Crippen LogP contribution is 2.15. The molecule has 0 aliphatic carbocycles. The standard InChI is InChI=1S/C12H12ClN3O2/c1-3-18-12(17)11-14-8(2)15-16(11)10-6-4-9(13)5-7-10/h4-7H,3H2,1-2H3. The van der Waals surface area contributed by atoms with E-state index in [4.69, 9.17) is 16.3 Å². The molecule has 2 aromatic rings. The van der Waals surface area contributed by atoms with Gasteiger partial charge in [-0.2, -0.15) is 5.10 Å². The summed E-state index contributed by atoms with van der Waals surface area (Å²) in [6.07, 6.45) is 0. The SMILES string of the molecule is CCOC(=O)c1nc(C)nn1-c1ccc(Cl)cc1. The van der Waals surface area contributed by atoms with E-state index in [1.807, 2.05) is 0 Å². The zero-order valence-corrected chi connectivity index (χ0v) is 10.8. The van der Waals surface area contributed by atoms with Gasteiger partial charge in [0.2, 0.25) is 5.82 Å². The molecular formula is C12H12ClN3O2. The molecule has 6 heteroatoms. The van der Waals surface area contributed by atoms with E-state index in [0.717, 1.165) is 0 Å². The number of halogens is 1. The molecular weight excluding hydrogens is 254 g/mol. The van der Waals surface area contributed by atoms with Crippen molar-refractivity contribution >= 4 is 17.6 Å². The van der Waals surface area contributed by atoms with E-state index in [-0.39, 0.29) is 5.82 Å². The predicted molar refractivity (Wildman–Crippen MR) is 67.1 cm³/mol. The zero-order valence-electron chi connectivity index (χ0n) is 10.1. The number of hydrogen-bond acceptors (Lipinski definition) is 4. The number of ether oxygens (including phenoxy) is 1. The van der Waals surface area contributed by atoms with Crippen LogP contribution in [-0.2, 0) is 4.74 Å². The molecule has 0 saturated heterocycles. The topological polar surface area (TPSA) is 57.0 Å². The van der Waals surface area contributed by atoms with E-state index < -0.39 is 5.97 Å². The monoisotopic (exact) mass is 265 g/mol. The highest BCUT2D eigenvalue weighted by atomic mass is 35.5. The lowest BCUT2D eigenvalue weighted by molar-refractivity contribution is 0.0508. The van der Waals surface area contributed by atoms with Crippen LogP contribution in [0, 0.1) is 6.92 Å². The Morgan fingerprint density at radius 3 is 2.67 bits per heavy atom. The number of esters is 1. The summed E-state index contributed by atoms with van der Waals surface area (Å²) in [6.45, 7) is 3.76. The molecule has 94 valence electrons. The van der Waals surface area contributed by atoms with E-state index in [1.54, 1.807) is 38.1 Å². The lowest BCUT2D eigenvalue weighted by Gasteiger charge is -2.05. The van der Waals surface area contributed by atoms with Gasteiger partial charge in [-0.05, 0) is 38.1 Å². The Hall–Kier alpha value is -1.88. The quantitative estimate of drug-likeness (QED) is 0.800. The Morgan fingerprint density at radius 2 is 2.06 bits per heavy atom. The maximum absolute atomic E-state index is 11.7. The fourth-order valence-electron chi connectivity index (χ4n) is 1.51. The minimum atomic E-state index is -0.493. The van der Waals surface area contributed by atoms with Crippen LogP contribution in [0.5, 0.6) is 0 Å². The third-order valence-electron chi connectivity index (χ3n) is 2.24. The maximum atomic E-state index is 11.7. The first-order valence-corrected chi connectivity index (χ1v) is 5.86. The van der Waals surface area contributed by atoms with Crippen LogP contribution in [0.1, 0.15) is 23.4 Å². The number of aromatic nitrogens is 3. The molecule has 0 atom stereocenters. The maximum Gasteiger partial charge on any atom is 0.376 e. The third kappa shape index (κ3) is 2.51. The highest BCUT2D eigenvalue weighted by Gasteiger charge is 2.18. The first-order valence-electron chi connectivity index (χ1n) is 5.48. The van der Waals surface area contributed by atoms with Gasteiger partial charge < -0.3 is 4.74 Å².